The van der Waals surface area contributed by atoms with Gasteiger partial charge in [0.25, 0.3) is 0 Å². The first-order chi connectivity index (χ1) is 9.12. The standard InChI is InChI=1S/C13H20N4O2/c1-9-11(16-19-15-9)8-17(2)12(18)10-7-13(10)3-5-14-6-4-13/h10,14H,3-8H2,1-2H3/t10-/m1/s1. The summed E-state index contributed by atoms with van der Waals surface area (Å²) in [5.74, 6) is 0.448. The van der Waals surface area contributed by atoms with E-state index in [0.29, 0.717) is 6.54 Å². The molecule has 1 N–H and O–H groups in total. The first-order valence-corrected chi connectivity index (χ1v) is 6.86. The predicted octanol–water partition coefficient (Wildman–Crippen LogP) is 0.726. The maximum atomic E-state index is 12.4. The summed E-state index contributed by atoms with van der Waals surface area (Å²) in [6, 6.07) is 0. The number of hydrogen-bond acceptors (Lipinski definition) is 5. The van der Waals surface area contributed by atoms with Crippen molar-refractivity contribution in [2.24, 2.45) is 11.3 Å². The molecule has 19 heavy (non-hydrogen) atoms. The van der Waals surface area contributed by atoms with Gasteiger partial charge in [-0.15, -0.1) is 0 Å². The quantitative estimate of drug-likeness (QED) is 0.871. The van der Waals surface area contributed by atoms with Crippen molar-refractivity contribution in [2.75, 3.05) is 20.1 Å². The fraction of sp³-hybridized carbons (Fsp3) is 0.769. The fourth-order valence-corrected chi connectivity index (χ4v) is 3.14. The van der Waals surface area contributed by atoms with Gasteiger partial charge in [-0.1, -0.05) is 10.3 Å². The summed E-state index contributed by atoms with van der Waals surface area (Å²) in [7, 11) is 1.84. The molecule has 0 bridgehead atoms. The van der Waals surface area contributed by atoms with Crippen LogP contribution in [0.25, 0.3) is 0 Å². The van der Waals surface area contributed by atoms with Gasteiger partial charge in [-0.25, -0.2) is 4.63 Å². The zero-order valence-corrected chi connectivity index (χ0v) is 11.5. The zero-order chi connectivity index (χ0) is 13.5. The van der Waals surface area contributed by atoms with Crippen molar-refractivity contribution in [1.29, 1.82) is 0 Å². The van der Waals surface area contributed by atoms with Crippen molar-refractivity contribution in [1.82, 2.24) is 20.5 Å². The van der Waals surface area contributed by atoms with E-state index in [2.05, 4.69) is 20.3 Å². The molecule has 2 aliphatic rings. The number of rotatable bonds is 3. The molecule has 1 saturated heterocycles. The Morgan fingerprint density at radius 1 is 1.47 bits per heavy atom. The number of piperidine rings is 1. The molecule has 6 nitrogen and oxygen atoms in total. The molecule has 1 saturated carbocycles. The second kappa shape index (κ2) is 4.59. The van der Waals surface area contributed by atoms with Crippen LogP contribution < -0.4 is 5.32 Å². The second-order valence-electron chi connectivity index (χ2n) is 5.86. The molecule has 1 aliphatic heterocycles. The summed E-state index contributed by atoms with van der Waals surface area (Å²) < 4.78 is 4.67. The summed E-state index contributed by atoms with van der Waals surface area (Å²) >= 11 is 0. The van der Waals surface area contributed by atoms with Crippen molar-refractivity contribution >= 4 is 5.91 Å². The van der Waals surface area contributed by atoms with Crippen LogP contribution in [-0.4, -0.2) is 41.3 Å². The van der Waals surface area contributed by atoms with E-state index in [1.807, 2.05) is 14.0 Å². The lowest BCUT2D eigenvalue weighted by Gasteiger charge is -2.24. The zero-order valence-electron chi connectivity index (χ0n) is 11.5. The Hall–Kier alpha value is -1.43. The lowest BCUT2D eigenvalue weighted by Crippen LogP contribution is -2.34. The van der Waals surface area contributed by atoms with Crippen LogP contribution in [0.3, 0.4) is 0 Å². The average molecular weight is 264 g/mol. The molecule has 0 unspecified atom stereocenters. The van der Waals surface area contributed by atoms with E-state index in [-0.39, 0.29) is 17.2 Å². The van der Waals surface area contributed by atoms with E-state index in [4.69, 9.17) is 0 Å². The average Bonchev–Trinajstić information content (AvgIpc) is 2.94. The first kappa shape index (κ1) is 12.6. The van der Waals surface area contributed by atoms with Crippen LogP contribution in [0.2, 0.25) is 0 Å². The third-order valence-electron chi connectivity index (χ3n) is 4.60. The highest BCUT2D eigenvalue weighted by Gasteiger charge is 2.58. The monoisotopic (exact) mass is 264 g/mol. The van der Waals surface area contributed by atoms with Gasteiger partial charge in [0.1, 0.15) is 11.4 Å². The number of carbonyl (C=O) groups excluding carboxylic acids is 1. The Morgan fingerprint density at radius 3 is 2.84 bits per heavy atom. The van der Waals surface area contributed by atoms with Gasteiger partial charge in [-0.2, -0.15) is 0 Å². The van der Waals surface area contributed by atoms with E-state index >= 15 is 0 Å². The molecule has 1 spiro atoms. The van der Waals surface area contributed by atoms with Gasteiger partial charge in [-0.3, -0.25) is 4.79 Å². The lowest BCUT2D eigenvalue weighted by atomic mass is 9.91. The molecule has 2 fully saturated rings. The van der Waals surface area contributed by atoms with Crippen molar-refractivity contribution < 1.29 is 9.42 Å². The van der Waals surface area contributed by atoms with Gasteiger partial charge in [-0.05, 0) is 44.7 Å². The molecule has 3 rings (SSSR count). The molecular formula is C13H20N4O2. The number of aryl methyl sites for hydroxylation is 1. The molecule has 0 aromatic carbocycles. The minimum atomic E-state index is 0.208. The highest BCUT2D eigenvalue weighted by Crippen LogP contribution is 2.59. The van der Waals surface area contributed by atoms with Crippen LogP contribution in [0.5, 0.6) is 0 Å². The van der Waals surface area contributed by atoms with E-state index in [1.54, 1.807) is 4.90 Å². The normalized spacial score (nSPS) is 24.4. The maximum Gasteiger partial charge on any atom is 0.226 e. The molecule has 104 valence electrons. The van der Waals surface area contributed by atoms with Crippen molar-refractivity contribution in [3.63, 3.8) is 0 Å². The summed E-state index contributed by atoms with van der Waals surface area (Å²) in [5, 5.41) is 10.9. The maximum absolute atomic E-state index is 12.4. The van der Waals surface area contributed by atoms with Gasteiger partial charge in [0, 0.05) is 13.0 Å². The molecule has 2 heterocycles. The summed E-state index contributed by atoms with van der Waals surface area (Å²) in [6.45, 7) is 4.41. The second-order valence-corrected chi connectivity index (χ2v) is 5.86. The Morgan fingerprint density at radius 2 is 2.21 bits per heavy atom. The number of amides is 1. The third kappa shape index (κ3) is 2.25. The largest absolute Gasteiger partial charge is 0.339 e. The molecule has 6 heteroatoms. The van der Waals surface area contributed by atoms with Gasteiger partial charge in [0.05, 0.1) is 6.54 Å². The topological polar surface area (TPSA) is 71.3 Å². The van der Waals surface area contributed by atoms with Gasteiger partial charge >= 0.3 is 0 Å². The number of nitrogens with one attached hydrogen (secondary N) is 1. The van der Waals surface area contributed by atoms with Crippen LogP contribution in [-0.2, 0) is 11.3 Å². The van der Waals surface area contributed by atoms with Crippen LogP contribution in [0.4, 0.5) is 0 Å². The summed E-state index contributed by atoms with van der Waals surface area (Å²) in [6.07, 6.45) is 3.30. The number of nitrogens with zero attached hydrogens (tertiary/aromatic N) is 3. The van der Waals surface area contributed by atoms with Crippen LogP contribution in [0.15, 0.2) is 4.63 Å². The first-order valence-electron chi connectivity index (χ1n) is 6.86. The summed E-state index contributed by atoms with van der Waals surface area (Å²) in [4.78, 5) is 14.2. The number of aromatic nitrogens is 2. The van der Waals surface area contributed by atoms with Crippen molar-refractivity contribution in [3.8, 4) is 0 Å². The smallest absolute Gasteiger partial charge is 0.226 e. The summed E-state index contributed by atoms with van der Waals surface area (Å²) in [5.41, 5.74) is 1.79. The van der Waals surface area contributed by atoms with Crippen LogP contribution in [0.1, 0.15) is 30.7 Å². The minimum absolute atomic E-state index is 0.208. The molecule has 1 amide bonds. The Bertz CT molecular complexity index is 479. The van der Waals surface area contributed by atoms with Crippen LogP contribution in [0, 0.1) is 18.3 Å². The van der Waals surface area contributed by atoms with E-state index in [1.165, 1.54) is 0 Å². The lowest BCUT2D eigenvalue weighted by molar-refractivity contribution is -0.132. The Balaban J connectivity index is 1.60. The molecular weight excluding hydrogens is 244 g/mol. The molecule has 1 aliphatic carbocycles. The van der Waals surface area contributed by atoms with Crippen LogP contribution >= 0.6 is 0 Å². The number of hydrogen-bond donors (Lipinski definition) is 1. The minimum Gasteiger partial charge on any atom is -0.339 e. The molecule has 1 aromatic rings. The Kier molecular flexibility index (Phi) is 3.05. The van der Waals surface area contributed by atoms with E-state index < -0.39 is 0 Å². The molecule has 1 atom stereocenters. The van der Waals surface area contributed by atoms with Crippen molar-refractivity contribution in [3.05, 3.63) is 11.4 Å². The van der Waals surface area contributed by atoms with Crippen molar-refractivity contribution in [2.45, 2.75) is 32.7 Å². The van der Waals surface area contributed by atoms with E-state index in [0.717, 1.165) is 43.7 Å². The highest BCUT2D eigenvalue weighted by molar-refractivity contribution is 5.82. The molecule has 0 radical (unpaired) electrons. The third-order valence-corrected chi connectivity index (χ3v) is 4.60. The van der Waals surface area contributed by atoms with E-state index in [9.17, 15) is 4.79 Å². The fourth-order valence-electron chi connectivity index (χ4n) is 3.14. The highest BCUT2D eigenvalue weighted by atomic mass is 16.6. The van der Waals surface area contributed by atoms with Gasteiger partial charge < -0.3 is 10.2 Å². The van der Waals surface area contributed by atoms with Gasteiger partial charge in [0.15, 0.2) is 0 Å². The number of carbonyl (C=O) groups is 1. The Labute approximate surface area is 112 Å². The molecule has 1 aromatic heterocycles. The van der Waals surface area contributed by atoms with Gasteiger partial charge in [0.2, 0.25) is 5.91 Å². The SMILES string of the molecule is Cc1nonc1CN(C)C(=O)[C@H]1CC12CCNCC2. The predicted molar refractivity (Wildman–Crippen MR) is 68.2 cm³/mol.